The van der Waals surface area contributed by atoms with Crippen LogP contribution in [0.5, 0.6) is 0 Å². The number of hydrogen-bond donors (Lipinski definition) is 3. The fourth-order valence-electron chi connectivity index (χ4n) is 2.83. The summed E-state index contributed by atoms with van der Waals surface area (Å²) in [5.74, 6) is 0.756. The summed E-state index contributed by atoms with van der Waals surface area (Å²) in [6, 6.07) is 0. The lowest BCUT2D eigenvalue weighted by Crippen LogP contribution is -2.32. The number of aliphatic hydroxyl groups excluding tert-OH is 1. The molecule has 2 rings (SSSR count). The van der Waals surface area contributed by atoms with Crippen LogP contribution in [-0.2, 0) is 0 Å². The van der Waals surface area contributed by atoms with Crippen molar-refractivity contribution >= 4 is 5.91 Å². The average Bonchev–Trinajstić information content (AvgIpc) is 2.98. The number of aromatic amines is 1. The Morgan fingerprint density at radius 2 is 2.26 bits per heavy atom. The summed E-state index contributed by atoms with van der Waals surface area (Å²) in [6.45, 7) is 0.680. The maximum Gasteiger partial charge on any atom is 0.254 e. The summed E-state index contributed by atoms with van der Waals surface area (Å²) < 4.78 is 0. The predicted molar refractivity (Wildman–Crippen MR) is 72.7 cm³/mol. The molecule has 106 valence electrons. The molecule has 0 saturated heterocycles. The fraction of sp³-hybridized carbons (Fsp3) is 0.714. The first-order valence-electron chi connectivity index (χ1n) is 7.17. The Hall–Kier alpha value is -1.36. The third-order valence-corrected chi connectivity index (χ3v) is 3.96. The van der Waals surface area contributed by atoms with E-state index in [0.717, 1.165) is 12.3 Å². The second-order valence-electron chi connectivity index (χ2n) is 5.49. The van der Waals surface area contributed by atoms with Gasteiger partial charge in [0.1, 0.15) is 0 Å². The summed E-state index contributed by atoms with van der Waals surface area (Å²) >= 11 is 0. The molecule has 0 aromatic carbocycles. The first-order chi connectivity index (χ1) is 9.29. The molecule has 0 radical (unpaired) electrons. The zero-order valence-electron chi connectivity index (χ0n) is 11.3. The zero-order valence-corrected chi connectivity index (χ0v) is 11.3. The van der Waals surface area contributed by atoms with Gasteiger partial charge >= 0.3 is 0 Å². The lowest BCUT2D eigenvalue weighted by molar-refractivity contribution is 0.0933. The molecule has 0 unspecified atom stereocenters. The van der Waals surface area contributed by atoms with Gasteiger partial charge in [-0.05, 0) is 18.3 Å². The largest absolute Gasteiger partial charge is 0.396 e. The van der Waals surface area contributed by atoms with E-state index in [-0.39, 0.29) is 18.4 Å². The van der Waals surface area contributed by atoms with Gasteiger partial charge in [0.25, 0.3) is 5.91 Å². The highest BCUT2D eigenvalue weighted by Crippen LogP contribution is 2.28. The number of carbonyl (C=O) groups is 1. The minimum Gasteiger partial charge on any atom is -0.396 e. The normalized spacial score (nSPS) is 18.2. The molecule has 19 heavy (non-hydrogen) atoms. The highest BCUT2D eigenvalue weighted by atomic mass is 16.3. The lowest BCUT2D eigenvalue weighted by atomic mass is 9.83. The summed E-state index contributed by atoms with van der Waals surface area (Å²) in [4.78, 5) is 11.8. The van der Waals surface area contributed by atoms with E-state index in [1.54, 1.807) is 6.20 Å². The monoisotopic (exact) mass is 265 g/mol. The Balaban J connectivity index is 1.74. The van der Waals surface area contributed by atoms with Crippen LogP contribution in [0.25, 0.3) is 0 Å². The molecule has 1 atom stereocenters. The van der Waals surface area contributed by atoms with E-state index < -0.39 is 0 Å². The number of H-pyrrole nitrogens is 1. The third kappa shape index (κ3) is 4.35. The van der Waals surface area contributed by atoms with Gasteiger partial charge in [-0.15, -0.1) is 0 Å². The molecule has 3 N–H and O–H groups in total. The number of amides is 1. The Morgan fingerprint density at radius 3 is 2.89 bits per heavy atom. The maximum absolute atomic E-state index is 11.8. The van der Waals surface area contributed by atoms with Crippen molar-refractivity contribution in [2.24, 2.45) is 11.8 Å². The number of aromatic nitrogens is 2. The van der Waals surface area contributed by atoms with Crippen molar-refractivity contribution in [2.45, 2.75) is 38.5 Å². The first-order valence-corrected chi connectivity index (χ1v) is 7.17. The molecule has 0 bridgehead atoms. The van der Waals surface area contributed by atoms with Crippen molar-refractivity contribution in [1.82, 2.24) is 15.5 Å². The maximum atomic E-state index is 11.8. The number of rotatable bonds is 6. The van der Waals surface area contributed by atoms with E-state index in [1.807, 2.05) is 0 Å². The molecular weight excluding hydrogens is 242 g/mol. The van der Waals surface area contributed by atoms with Crippen LogP contribution in [0.4, 0.5) is 0 Å². The molecule has 1 aliphatic carbocycles. The van der Waals surface area contributed by atoms with Crippen molar-refractivity contribution in [1.29, 1.82) is 0 Å². The van der Waals surface area contributed by atoms with E-state index in [2.05, 4.69) is 15.5 Å². The Labute approximate surface area is 113 Å². The number of nitrogens with zero attached hydrogens (tertiary/aromatic N) is 1. The van der Waals surface area contributed by atoms with Crippen LogP contribution in [0.2, 0.25) is 0 Å². The van der Waals surface area contributed by atoms with E-state index in [4.69, 9.17) is 0 Å². The molecule has 1 heterocycles. The third-order valence-electron chi connectivity index (χ3n) is 3.96. The van der Waals surface area contributed by atoms with E-state index in [9.17, 15) is 9.90 Å². The average molecular weight is 265 g/mol. The SMILES string of the molecule is O=C(NC[C@H](CO)CC1CCCCC1)c1cn[nH]c1. The van der Waals surface area contributed by atoms with Crippen LogP contribution in [-0.4, -0.2) is 34.4 Å². The second kappa shape index (κ2) is 7.28. The number of nitrogens with one attached hydrogen (secondary N) is 2. The molecule has 0 spiro atoms. The van der Waals surface area contributed by atoms with Crippen molar-refractivity contribution in [3.8, 4) is 0 Å². The van der Waals surface area contributed by atoms with Crippen LogP contribution in [0.1, 0.15) is 48.9 Å². The Morgan fingerprint density at radius 1 is 1.47 bits per heavy atom. The van der Waals surface area contributed by atoms with Gasteiger partial charge in [-0.3, -0.25) is 9.89 Å². The molecule has 0 aliphatic heterocycles. The van der Waals surface area contributed by atoms with Crippen LogP contribution < -0.4 is 5.32 Å². The number of hydrogen-bond acceptors (Lipinski definition) is 3. The zero-order chi connectivity index (χ0) is 13.5. The molecule has 1 aromatic rings. The van der Waals surface area contributed by atoms with Gasteiger partial charge in [0.15, 0.2) is 0 Å². The van der Waals surface area contributed by atoms with Crippen LogP contribution in [0.15, 0.2) is 12.4 Å². The van der Waals surface area contributed by atoms with Gasteiger partial charge in [0.05, 0.1) is 11.8 Å². The van der Waals surface area contributed by atoms with Crippen LogP contribution in [0.3, 0.4) is 0 Å². The quantitative estimate of drug-likeness (QED) is 0.733. The number of carbonyl (C=O) groups excluding carboxylic acids is 1. The molecule has 1 saturated carbocycles. The Kier molecular flexibility index (Phi) is 5.39. The molecule has 5 nitrogen and oxygen atoms in total. The van der Waals surface area contributed by atoms with Gasteiger partial charge in [-0.1, -0.05) is 32.1 Å². The van der Waals surface area contributed by atoms with Gasteiger partial charge in [-0.2, -0.15) is 5.10 Å². The fourth-order valence-corrected chi connectivity index (χ4v) is 2.83. The molecule has 1 aliphatic rings. The van der Waals surface area contributed by atoms with Crippen molar-refractivity contribution < 1.29 is 9.90 Å². The van der Waals surface area contributed by atoms with Crippen LogP contribution >= 0.6 is 0 Å². The van der Waals surface area contributed by atoms with Crippen LogP contribution in [0, 0.1) is 11.8 Å². The second-order valence-corrected chi connectivity index (χ2v) is 5.49. The van der Waals surface area contributed by atoms with Crippen molar-refractivity contribution in [3.63, 3.8) is 0 Å². The predicted octanol–water partition coefficient (Wildman–Crippen LogP) is 1.72. The summed E-state index contributed by atoms with van der Waals surface area (Å²) in [5.41, 5.74) is 0.536. The molecule has 1 amide bonds. The first kappa shape index (κ1) is 14.1. The highest BCUT2D eigenvalue weighted by molar-refractivity contribution is 5.93. The Bertz CT molecular complexity index is 372. The summed E-state index contributed by atoms with van der Waals surface area (Å²) in [7, 11) is 0. The molecule has 5 heteroatoms. The van der Waals surface area contributed by atoms with Crippen molar-refractivity contribution in [2.75, 3.05) is 13.2 Å². The van der Waals surface area contributed by atoms with Gasteiger partial charge in [-0.25, -0.2) is 0 Å². The van der Waals surface area contributed by atoms with E-state index in [0.29, 0.717) is 12.1 Å². The van der Waals surface area contributed by atoms with Gasteiger partial charge in [0.2, 0.25) is 0 Å². The molecular formula is C14H23N3O2. The highest BCUT2D eigenvalue weighted by Gasteiger charge is 2.19. The summed E-state index contributed by atoms with van der Waals surface area (Å²) in [5, 5.41) is 18.7. The lowest BCUT2D eigenvalue weighted by Gasteiger charge is -2.25. The standard InChI is InChI=1S/C14H23N3O2/c18-10-12(6-11-4-2-1-3-5-11)7-15-14(19)13-8-16-17-9-13/h8-9,11-12,18H,1-7,10H2,(H,15,19)(H,16,17)/t12-/m1/s1. The van der Waals surface area contributed by atoms with Gasteiger partial charge < -0.3 is 10.4 Å². The molecule has 1 aromatic heterocycles. The number of aliphatic hydroxyl groups is 1. The van der Waals surface area contributed by atoms with E-state index in [1.165, 1.54) is 38.3 Å². The summed E-state index contributed by atoms with van der Waals surface area (Å²) in [6.07, 6.45) is 10.6. The topological polar surface area (TPSA) is 78.0 Å². The van der Waals surface area contributed by atoms with Gasteiger partial charge in [0, 0.05) is 19.3 Å². The van der Waals surface area contributed by atoms with Crippen molar-refractivity contribution in [3.05, 3.63) is 18.0 Å². The van der Waals surface area contributed by atoms with E-state index >= 15 is 0 Å². The minimum absolute atomic E-state index is 0.129. The minimum atomic E-state index is -0.129. The smallest absolute Gasteiger partial charge is 0.254 e. The molecule has 1 fully saturated rings.